The Labute approximate surface area is 126 Å². The fraction of sp³-hybridized carbons (Fsp3) is 0.583. The Bertz CT molecular complexity index is 472. The zero-order valence-electron chi connectivity index (χ0n) is 10.5. The monoisotopic (exact) mass is 319 g/mol. The summed E-state index contributed by atoms with van der Waals surface area (Å²) in [6, 6.07) is 1.64. The number of rotatable bonds is 4. The second-order valence-electron chi connectivity index (χ2n) is 4.38. The number of nitrogens with one attached hydrogen (secondary N) is 1. The van der Waals surface area contributed by atoms with E-state index in [0.29, 0.717) is 5.25 Å². The molecule has 1 amide bonds. The molecule has 1 aromatic heterocycles. The highest BCUT2D eigenvalue weighted by Crippen LogP contribution is 2.30. The van der Waals surface area contributed by atoms with Crippen molar-refractivity contribution < 1.29 is 4.79 Å². The van der Waals surface area contributed by atoms with Gasteiger partial charge in [-0.2, -0.15) is 11.8 Å². The summed E-state index contributed by atoms with van der Waals surface area (Å²) in [6.45, 7) is 2.13. The number of carbonyl (C=O) groups is 1. The minimum Gasteiger partial charge on any atom is -0.348 e. The molecular formula is C12H15Cl2N3OS. The van der Waals surface area contributed by atoms with Crippen LogP contribution in [0.2, 0.25) is 10.3 Å². The second kappa shape index (κ2) is 6.77. The normalized spacial score (nSPS) is 22.5. The molecule has 104 valence electrons. The van der Waals surface area contributed by atoms with Gasteiger partial charge in [0.2, 0.25) is 0 Å². The molecule has 1 aliphatic rings. The van der Waals surface area contributed by atoms with Gasteiger partial charge in [0.25, 0.3) is 5.91 Å². The average molecular weight is 320 g/mol. The van der Waals surface area contributed by atoms with Gasteiger partial charge >= 0.3 is 0 Å². The molecule has 0 bridgehead atoms. The zero-order chi connectivity index (χ0) is 13.8. The predicted molar refractivity (Wildman–Crippen MR) is 79.1 cm³/mol. The Hall–Kier alpha value is -0.520. The molecular weight excluding hydrogens is 305 g/mol. The van der Waals surface area contributed by atoms with E-state index in [0.717, 1.165) is 25.0 Å². The van der Waals surface area contributed by atoms with Crippen LogP contribution in [0.5, 0.6) is 0 Å². The summed E-state index contributed by atoms with van der Waals surface area (Å²) < 4.78 is 0. The van der Waals surface area contributed by atoms with Crippen LogP contribution in [0.3, 0.4) is 0 Å². The molecule has 1 fully saturated rings. The average Bonchev–Trinajstić information content (AvgIpc) is 2.80. The highest BCUT2D eigenvalue weighted by Gasteiger charge is 2.29. The van der Waals surface area contributed by atoms with Gasteiger partial charge in [0, 0.05) is 11.3 Å². The Kier molecular flexibility index (Phi) is 5.30. The number of halogens is 2. The van der Waals surface area contributed by atoms with Crippen molar-refractivity contribution in [3.8, 4) is 0 Å². The lowest BCUT2D eigenvalue weighted by molar-refractivity contribution is 0.0938. The highest BCUT2D eigenvalue weighted by molar-refractivity contribution is 7.99. The van der Waals surface area contributed by atoms with E-state index < -0.39 is 0 Å². The lowest BCUT2D eigenvalue weighted by Crippen LogP contribution is -2.39. The molecule has 1 N–H and O–H groups in total. The van der Waals surface area contributed by atoms with Crippen molar-refractivity contribution in [1.82, 2.24) is 15.5 Å². The lowest BCUT2D eigenvalue weighted by Gasteiger charge is -2.20. The molecule has 2 rings (SSSR count). The van der Waals surface area contributed by atoms with Crippen molar-refractivity contribution in [1.29, 1.82) is 0 Å². The van der Waals surface area contributed by atoms with Gasteiger partial charge < -0.3 is 5.32 Å². The van der Waals surface area contributed by atoms with Gasteiger partial charge in [0.05, 0.1) is 5.56 Å². The molecule has 1 aliphatic carbocycles. The van der Waals surface area contributed by atoms with Gasteiger partial charge in [-0.15, -0.1) is 10.2 Å². The van der Waals surface area contributed by atoms with Crippen molar-refractivity contribution in [2.45, 2.75) is 37.5 Å². The van der Waals surface area contributed by atoms with Gasteiger partial charge in [-0.3, -0.25) is 4.79 Å². The van der Waals surface area contributed by atoms with E-state index in [4.69, 9.17) is 23.2 Å². The molecule has 2 atom stereocenters. The van der Waals surface area contributed by atoms with Crippen molar-refractivity contribution in [3.63, 3.8) is 0 Å². The summed E-state index contributed by atoms with van der Waals surface area (Å²) in [7, 11) is 0. The molecule has 1 saturated carbocycles. The molecule has 19 heavy (non-hydrogen) atoms. The van der Waals surface area contributed by atoms with Gasteiger partial charge in [0.15, 0.2) is 10.3 Å². The first kappa shape index (κ1) is 14.9. The molecule has 0 aliphatic heterocycles. The standard InChI is InChI=1S/C12H15Cl2N3OS/c1-2-19-9-5-3-4-8(9)15-12(18)7-6-10(13)16-17-11(7)14/h6,8-9H,2-5H2,1H3,(H,15,18). The van der Waals surface area contributed by atoms with Crippen LogP contribution in [-0.2, 0) is 0 Å². The van der Waals surface area contributed by atoms with Crippen LogP contribution >= 0.6 is 35.0 Å². The zero-order valence-corrected chi connectivity index (χ0v) is 12.9. The molecule has 2 unspecified atom stereocenters. The first-order valence-corrected chi connectivity index (χ1v) is 8.03. The maximum absolute atomic E-state index is 12.2. The van der Waals surface area contributed by atoms with E-state index in [1.807, 2.05) is 11.8 Å². The van der Waals surface area contributed by atoms with Crippen LogP contribution in [-0.4, -0.2) is 33.1 Å². The fourth-order valence-electron chi connectivity index (χ4n) is 2.26. The molecule has 0 saturated heterocycles. The van der Waals surface area contributed by atoms with E-state index in [2.05, 4.69) is 22.4 Å². The minimum absolute atomic E-state index is 0.0830. The van der Waals surface area contributed by atoms with Crippen LogP contribution in [0.25, 0.3) is 0 Å². The number of hydrogen-bond acceptors (Lipinski definition) is 4. The molecule has 0 radical (unpaired) electrons. The SMILES string of the molecule is CCSC1CCCC1NC(=O)c1cc(Cl)nnc1Cl. The largest absolute Gasteiger partial charge is 0.348 e. The van der Waals surface area contributed by atoms with Gasteiger partial charge in [-0.05, 0) is 24.7 Å². The number of thioether (sulfide) groups is 1. The molecule has 7 heteroatoms. The van der Waals surface area contributed by atoms with Crippen LogP contribution in [0.1, 0.15) is 36.5 Å². The molecule has 1 heterocycles. The minimum atomic E-state index is -0.226. The Morgan fingerprint density at radius 2 is 2.26 bits per heavy atom. The summed E-state index contributed by atoms with van der Waals surface area (Å²) in [6.07, 6.45) is 3.30. The van der Waals surface area contributed by atoms with Crippen LogP contribution in [0.15, 0.2) is 6.07 Å². The van der Waals surface area contributed by atoms with E-state index in [9.17, 15) is 4.79 Å². The maximum Gasteiger partial charge on any atom is 0.254 e. The molecule has 0 spiro atoms. The third-order valence-corrected chi connectivity index (χ3v) is 4.90. The Morgan fingerprint density at radius 1 is 1.47 bits per heavy atom. The third kappa shape index (κ3) is 3.74. The highest BCUT2D eigenvalue weighted by atomic mass is 35.5. The van der Waals surface area contributed by atoms with Crippen LogP contribution < -0.4 is 5.32 Å². The van der Waals surface area contributed by atoms with Crippen LogP contribution in [0, 0.1) is 0 Å². The van der Waals surface area contributed by atoms with Crippen molar-refractivity contribution in [2.75, 3.05) is 5.75 Å². The molecule has 1 aromatic rings. The van der Waals surface area contributed by atoms with Crippen molar-refractivity contribution in [2.24, 2.45) is 0 Å². The number of hydrogen-bond donors (Lipinski definition) is 1. The van der Waals surface area contributed by atoms with E-state index >= 15 is 0 Å². The second-order valence-corrected chi connectivity index (χ2v) is 6.64. The summed E-state index contributed by atoms with van der Waals surface area (Å²) in [5.41, 5.74) is 0.286. The van der Waals surface area contributed by atoms with E-state index in [-0.39, 0.29) is 27.8 Å². The van der Waals surface area contributed by atoms with Gasteiger partial charge in [-0.25, -0.2) is 0 Å². The van der Waals surface area contributed by atoms with E-state index in [1.165, 1.54) is 6.07 Å². The first-order valence-electron chi connectivity index (χ1n) is 6.23. The molecule has 0 aromatic carbocycles. The fourth-order valence-corrected chi connectivity index (χ4v) is 3.79. The van der Waals surface area contributed by atoms with Gasteiger partial charge in [-0.1, -0.05) is 36.5 Å². The molecule has 4 nitrogen and oxygen atoms in total. The number of carbonyl (C=O) groups excluding carboxylic acids is 1. The van der Waals surface area contributed by atoms with Crippen molar-refractivity contribution >= 4 is 40.9 Å². The number of nitrogens with zero attached hydrogens (tertiary/aromatic N) is 2. The number of aromatic nitrogens is 2. The smallest absolute Gasteiger partial charge is 0.254 e. The van der Waals surface area contributed by atoms with Crippen LogP contribution in [0.4, 0.5) is 0 Å². The number of amides is 1. The lowest BCUT2D eigenvalue weighted by atomic mass is 10.2. The summed E-state index contributed by atoms with van der Waals surface area (Å²) in [4.78, 5) is 12.2. The van der Waals surface area contributed by atoms with Gasteiger partial charge in [0.1, 0.15) is 0 Å². The predicted octanol–water partition coefficient (Wildman–Crippen LogP) is 3.19. The topological polar surface area (TPSA) is 54.9 Å². The summed E-state index contributed by atoms with van der Waals surface area (Å²) in [5, 5.41) is 11.0. The summed E-state index contributed by atoms with van der Waals surface area (Å²) >= 11 is 13.5. The summed E-state index contributed by atoms with van der Waals surface area (Å²) in [5.74, 6) is 0.830. The first-order chi connectivity index (χ1) is 9.11. The Balaban J connectivity index is 2.06. The Morgan fingerprint density at radius 3 is 3.00 bits per heavy atom. The third-order valence-electron chi connectivity index (χ3n) is 3.11. The quantitative estimate of drug-likeness (QED) is 0.926. The maximum atomic E-state index is 12.2. The van der Waals surface area contributed by atoms with E-state index in [1.54, 1.807) is 0 Å². The van der Waals surface area contributed by atoms with Crippen molar-refractivity contribution in [3.05, 3.63) is 21.9 Å².